The van der Waals surface area contributed by atoms with E-state index in [0.717, 1.165) is 18.3 Å². The number of carbonyl (C=O) groups is 1. The van der Waals surface area contributed by atoms with E-state index in [4.69, 9.17) is 14.0 Å². The van der Waals surface area contributed by atoms with E-state index >= 15 is 0 Å². The van der Waals surface area contributed by atoms with Gasteiger partial charge < -0.3 is 14.0 Å². The van der Waals surface area contributed by atoms with Gasteiger partial charge in [-0.2, -0.15) is 5.10 Å². The van der Waals surface area contributed by atoms with Crippen LogP contribution in [0.25, 0.3) is 0 Å². The van der Waals surface area contributed by atoms with Gasteiger partial charge in [0.05, 0.1) is 17.8 Å². The summed E-state index contributed by atoms with van der Waals surface area (Å²) >= 11 is 0. The summed E-state index contributed by atoms with van der Waals surface area (Å²) in [7, 11) is -0.463. The van der Waals surface area contributed by atoms with Crippen LogP contribution in [-0.4, -0.2) is 40.7 Å². The number of aromatic nitrogens is 2. The van der Waals surface area contributed by atoms with Gasteiger partial charge in [-0.1, -0.05) is 13.3 Å². The number of hydrogen-bond donors (Lipinski definition) is 0. The predicted molar refractivity (Wildman–Crippen MR) is 83.8 cm³/mol. The van der Waals surface area contributed by atoms with Crippen LogP contribution in [0.15, 0.2) is 12.4 Å². The predicted octanol–water partition coefficient (Wildman–Crippen LogP) is 1.53. The minimum Gasteiger partial charge on any atom is -0.464 e. The molecule has 0 aromatic carbocycles. The Bertz CT molecular complexity index is 511. The van der Waals surface area contributed by atoms with E-state index in [1.807, 2.05) is 27.7 Å². The van der Waals surface area contributed by atoms with Crippen LogP contribution in [0.2, 0.25) is 0 Å². The number of ether oxygens (including phenoxy) is 1. The average Bonchev–Trinajstić information content (AvgIpc) is 2.93. The Morgan fingerprint density at radius 1 is 1.32 bits per heavy atom. The summed E-state index contributed by atoms with van der Waals surface area (Å²) in [5, 5.41) is 4.18. The Morgan fingerprint density at radius 2 is 1.95 bits per heavy atom. The van der Waals surface area contributed by atoms with Gasteiger partial charge in [0.25, 0.3) is 0 Å². The van der Waals surface area contributed by atoms with Crippen molar-refractivity contribution in [1.29, 1.82) is 0 Å². The zero-order chi connectivity index (χ0) is 16.4. The third kappa shape index (κ3) is 3.70. The van der Waals surface area contributed by atoms with Crippen LogP contribution in [0.3, 0.4) is 0 Å². The maximum Gasteiger partial charge on any atom is 0.498 e. The molecule has 1 fully saturated rings. The molecule has 2 rings (SSSR count). The number of nitrogens with zero attached hydrogens (tertiary/aromatic N) is 2. The number of hydrogen-bond acceptors (Lipinski definition) is 5. The molecule has 0 unspecified atom stereocenters. The number of rotatable bonds is 6. The van der Waals surface area contributed by atoms with E-state index in [1.54, 1.807) is 17.1 Å². The molecular weight excluding hydrogens is 283 g/mol. The normalized spacial score (nSPS) is 19.4. The fourth-order valence-corrected chi connectivity index (χ4v) is 2.08. The Kier molecular flexibility index (Phi) is 4.97. The maximum atomic E-state index is 11.7. The third-order valence-corrected chi connectivity index (χ3v) is 4.23. The molecule has 0 bridgehead atoms. The van der Waals surface area contributed by atoms with Crippen LogP contribution in [0.5, 0.6) is 0 Å². The van der Waals surface area contributed by atoms with E-state index in [2.05, 4.69) is 12.0 Å². The molecular formula is C15H25BN2O4. The second-order valence-electron chi connectivity index (χ2n) is 6.63. The SMILES string of the molecule is CCCCOC(=O)Cn1cc(B2OC(C)(C)C(C)(C)O2)cn1. The largest absolute Gasteiger partial charge is 0.498 e. The molecule has 6 nitrogen and oxygen atoms in total. The molecule has 2 heterocycles. The van der Waals surface area contributed by atoms with E-state index in [1.165, 1.54) is 0 Å². The van der Waals surface area contributed by atoms with Crippen molar-refractivity contribution in [3.05, 3.63) is 12.4 Å². The number of esters is 1. The fourth-order valence-electron chi connectivity index (χ4n) is 2.08. The van der Waals surface area contributed by atoms with Crippen LogP contribution >= 0.6 is 0 Å². The molecule has 0 aliphatic carbocycles. The maximum absolute atomic E-state index is 11.7. The van der Waals surface area contributed by atoms with Crippen molar-refractivity contribution in [2.75, 3.05) is 6.61 Å². The van der Waals surface area contributed by atoms with Gasteiger partial charge in [0, 0.05) is 17.9 Å². The van der Waals surface area contributed by atoms with Gasteiger partial charge >= 0.3 is 13.1 Å². The molecule has 0 atom stereocenters. The van der Waals surface area contributed by atoms with Crippen molar-refractivity contribution in [2.24, 2.45) is 0 Å². The third-order valence-electron chi connectivity index (χ3n) is 4.23. The van der Waals surface area contributed by atoms with Crippen molar-refractivity contribution < 1.29 is 18.8 Å². The first-order valence-corrected chi connectivity index (χ1v) is 7.79. The van der Waals surface area contributed by atoms with Gasteiger partial charge in [-0.05, 0) is 34.1 Å². The first-order chi connectivity index (χ1) is 10.2. The summed E-state index contributed by atoms with van der Waals surface area (Å²) in [4.78, 5) is 11.7. The Morgan fingerprint density at radius 3 is 2.55 bits per heavy atom. The van der Waals surface area contributed by atoms with Crippen LogP contribution < -0.4 is 5.46 Å². The number of carbonyl (C=O) groups excluding carboxylic acids is 1. The summed E-state index contributed by atoms with van der Waals surface area (Å²) in [6.45, 7) is 10.6. The van der Waals surface area contributed by atoms with Gasteiger partial charge in [0.15, 0.2) is 0 Å². The highest BCUT2D eigenvalue weighted by Gasteiger charge is 2.52. The average molecular weight is 308 g/mol. The van der Waals surface area contributed by atoms with Gasteiger partial charge in [0.1, 0.15) is 6.54 Å². The quantitative estimate of drug-likeness (QED) is 0.453. The van der Waals surface area contributed by atoms with Gasteiger partial charge in [-0.3, -0.25) is 9.48 Å². The van der Waals surface area contributed by atoms with Gasteiger partial charge in [-0.15, -0.1) is 0 Å². The summed E-state index contributed by atoms with van der Waals surface area (Å²) < 4.78 is 18.6. The summed E-state index contributed by atoms with van der Waals surface area (Å²) in [6.07, 6.45) is 5.32. The lowest BCUT2D eigenvalue weighted by Crippen LogP contribution is -2.41. The molecule has 7 heteroatoms. The molecule has 0 saturated carbocycles. The zero-order valence-corrected chi connectivity index (χ0v) is 14.1. The second kappa shape index (κ2) is 6.42. The molecule has 1 aliphatic rings. The molecule has 1 aromatic heterocycles. The first-order valence-electron chi connectivity index (χ1n) is 7.79. The van der Waals surface area contributed by atoms with Crippen molar-refractivity contribution in [1.82, 2.24) is 9.78 Å². The van der Waals surface area contributed by atoms with Crippen LogP contribution in [0.1, 0.15) is 47.5 Å². The van der Waals surface area contributed by atoms with Crippen molar-refractivity contribution in [3.8, 4) is 0 Å². The second-order valence-corrected chi connectivity index (χ2v) is 6.63. The lowest BCUT2D eigenvalue weighted by atomic mass is 9.82. The number of unbranched alkanes of at least 4 members (excludes halogenated alkanes) is 1. The topological polar surface area (TPSA) is 62.6 Å². The molecule has 0 spiro atoms. The zero-order valence-electron chi connectivity index (χ0n) is 14.1. The molecule has 22 heavy (non-hydrogen) atoms. The molecule has 0 N–H and O–H groups in total. The molecule has 1 saturated heterocycles. The van der Waals surface area contributed by atoms with Crippen molar-refractivity contribution >= 4 is 18.6 Å². The highest BCUT2D eigenvalue weighted by Crippen LogP contribution is 2.36. The minimum absolute atomic E-state index is 0.100. The van der Waals surface area contributed by atoms with Gasteiger partial charge in [-0.25, -0.2) is 0 Å². The summed E-state index contributed by atoms with van der Waals surface area (Å²) in [5.74, 6) is -0.281. The lowest BCUT2D eigenvalue weighted by molar-refractivity contribution is -0.144. The Hall–Kier alpha value is -1.34. The van der Waals surface area contributed by atoms with Crippen LogP contribution in [-0.2, 0) is 25.4 Å². The smallest absolute Gasteiger partial charge is 0.464 e. The monoisotopic (exact) mass is 308 g/mol. The molecule has 122 valence electrons. The fraction of sp³-hybridized carbons (Fsp3) is 0.733. The highest BCUT2D eigenvalue weighted by atomic mass is 16.7. The molecule has 1 aromatic rings. The van der Waals surface area contributed by atoms with E-state index < -0.39 is 18.3 Å². The van der Waals surface area contributed by atoms with E-state index in [0.29, 0.717) is 6.61 Å². The highest BCUT2D eigenvalue weighted by molar-refractivity contribution is 6.62. The van der Waals surface area contributed by atoms with Crippen LogP contribution in [0, 0.1) is 0 Å². The molecule has 1 aliphatic heterocycles. The van der Waals surface area contributed by atoms with Crippen LogP contribution in [0.4, 0.5) is 0 Å². The van der Waals surface area contributed by atoms with Gasteiger partial charge in [0.2, 0.25) is 0 Å². The first kappa shape index (κ1) is 17.0. The van der Waals surface area contributed by atoms with Crippen molar-refractivity contribution in [2.45, 2.75) is 65.2 Å². The summed E-state index contributed by atoms with van der Waals surface area (Å²) in [5.41, 5.74) is 0.0255. The molecule has 0 amide bonds. The minimum atomic E-state index is -0.463. The Balaban J connectivity index is 1.94. The van der Waals surface area contributed by atoms with E-state index in [9.17, 15) is 4.79 Å². The van der Waals surface area contributed by atoms with Crippen molar-refractivity contribution in [3.63, 3.8) is 0 Å². The van der Waals surface area contributed by atoms with E-state index in [-0.39, 0.29) is 12.5 Å². The lowest BCUT2D eigenvalue weighted by Gasteiger charge is -2.32. The Labute approximate surface area is 132 Å². The molecule has 0 radical (unpaired) electrons. The summed E-state index contributed by atoms with van der Waals surface area (Å²) in [6, 6.07) is 0. The standard InChI is InChI=1S/C15H25BN2O4/c1-6-7-8-20-13(19)11-18-10-12(9-17-18)16-21-14(2,3)15(4,5)22-16/h9-10H,6-8,11H2,1-5H3.